The van der Waals surface area contributed by atoms with Crippen LogP contribution in [-0.4, -0.2) is 54.7 Å². The zero-order valence-electron chi connectivity index (χ0n) is 14.2. The first-order chi connectivity index (χ1) is 12.0. The Morgan fingerprint density at radius 2 is 1.92 bits per heavy atom. The van der Waals surface area contributed by atoms with Crippen molar-refractivity contribution in [3.05, 3.63) is 51.6 Å². The molecule has 1 aromatic carbocycles. The smallest absolute Gasteiger partial charge is 0.271 e. The first-order valence-electron chi connectivity index (χ1n) is 7.90. The third kappa shape index (κ3) is 6.49. The molecule has 0 aliphatic carbocycles. The third-order valence-corrected chi connectivity index (χ3v) is 4.04. The van der Waals surface area contributed by atoms with Crippen molar-refractivity contribution in [1.82, 2.24) is 20.4 Å². The molecule has 1 amide bonds. The molecular weight excluding hydrogens is 361 g/mol. The molecule has 25 heavy (non-hydrogen) atoms. The maximum atomic E-state index is 11.9. The van der Waals surface area contributed by atoms with E-state index in [-0.39, 0.29) is 5.91 Å². The quantitative estimate of drug-likeness (QED) is 0.735. The molecule has 134 valence electrons. The Morgan fingerprint density at radius 3 is 2.56 bits per heavy atom. The zero-order chi connectivity index (χ0) is 18.2. The molecule has 0 fully saturated rings. The summed E-state index contributed by atoms with van der Waals surface area (Å²) in [6, 6.07) is 8.82. The fraction of sp³-hybridized carbons (Fsp3) is 0.353. The molecule has 0 spiro atoms. The van der Waals surface area contributed by atoms with Crippen LogP contribution in [0, 0.1) is 0 Å². The highest BCUT2D eigenvalue weighted by atomic mass is 35.5. The van der Waals surface area contributed by atoms with Gasteiger partial charge in [-0.2, -0.15) is 0 Å². The van der Waals surface area contributed by atoms with Crippen LogP contribution in [-0.2, 0) is 6.42 Å². The number of amides is 1. The van der Waals surface area contributed by atoms with E-state index in [1.807, 2.05) is 31.1 Å². The molecule has 0 saturated heterocycles. The van der Waals surface area contributed by atoms with E-state index in [0.717, 1.165) is 18.5 Å². The lowest BCUT2D eigenvalue weighted by atomic mass is 10.1. The lowest BCUT2D eigenvalue weighted by molar-refractivity contribution is 0.0945. The Kier molecular flexibility index (Phi) is 7.43. The average molecular weight is 382 g/mol. The molecule has 8 heteroatoms. The predicted octanol–water partition coefficient (Wildman–Crippen LogP) is 2.73. The molecule has 1 aromatic heterocycles. The van der Waals surface area contributed by atoms with Crippen molar-refractivity contribution in [1.29, 1.82) is 0 Å². The van der Waals surface area contributed by atoms with Gasteiger partial charge >= 0.3 is 0 Å². The molecule has 0 bridgehead atoms. The first kappa shape index (κ1) is 19.4. The standard InChI is InChI=1S/C17H21Cl2N5O/c1-24(2)10-9-21-17(25)15-5-6-16(23-22-15)20-8-7-12-3-4-13(18)11-14(12)19/h3-6,11H,7-10H2,1-2H3,(H,20,23)(H,21,25). The van der Waals surface area contributed by atoms with Crippen LogP contribution in [0.5, 0.6) is 0 Å². The lowest BCUT2D eigenvalue weighted by Gasteiger charge is -2.10. The van der Waals surface area contributed by atoms with Crippen molar-refractivity contribution >= 4 is 34.9 Å². The van der Waals surface area contributed by atoms with Gasteiger partial charge in [0, 0.05) is 29.7 Å². The van der Waals surface area contributed by atoms with Crippen molar-refractivity contribution < 1.29 is 4.79 Å². The van der Waals surface area contributed by atoms with Crippen molar-refractivity contribution in [2.45, 2.75) is 6.42 Å². The van der Waals surface area contributed by atoms with Crippen LogP contribution in [0.25, 0.3) is 0 Å². The van der Waals surface area contributed by atoms with E-state index in [9.17, 15) is 4.79 Å². The highest BCUT2D eigenvalue weighted by Gasteiger charge is 2.08. The normalized spacial score (nSPS) is 10.8. The molecule has 0 radical (unpaired) electrons. The summed E-state index contributed by atoms with van der Waals surface area (Å²) < 4.78 is 0. The van der Waals surface area contributed by atoms with Gasteiger partial charge < -0.3 is 15.5 Å². The van der Waals surface area contributed by atoms with E-state index in [1.54, 1.807) is 18.2 Å². The molecule has 0 saturated carbocycles. The van der Waals surface area contributed by atoms with Gasteiger partial charge in [0.25, 0.3) is 5.91 Å². The number of hydrogen-bond acceptors (Lipinski definition) is 5. The molecule has 0 aliphatic rings. The molecular formula is C17H21Cl2N5O. The molecule has 2 N–H and O–H groups in total. The fourth-order valence-electron chi connectivity index (χ4n) is 2.08. The summed E-state index contributed by atoms with van der Waals surface area (Å²) in [4.78, 5) is 13.9. The Balaban J connectivity index is 1.80. The van der Waals surface area contributed by atoms with Crippen molar-refractivity contribution in [3.63, 3.8) is 0 Å². The molecule has 1 heterocycles. The number of benzene rings is 1. The second-order valence-corrected chi connectivity index (χ2v) is 6.62. The molecule has 0 atom stereocenters. The summed E-state index contributed by atoms with van der Waals surface area (Å²) in [7, 11) is 3.90. The number of carbonyl (C=O) groups is 1. The number of nitrogens with zero attached hydrogens (tertiary/aromatic N) is 3. The van der Waals surface area contributed by atoms with Gasteiger partial charge in [0.1, 0.15) is 5.82 Å². The van der Waals surface area contributed by atoms with Crippen LogP contribution in [0.2, 0.25) is 10.0 Å². The monoisotopic (exact) mass is 381 g/mol. The van der Waals surface area contributed by atoms with Gasteiger partial charge in [0.15, 0.2) is 5.69 Å². The largest absolute Gasteiger partial charge is 0.368 e. The Morgan fingerprint density at radius 1 is 1.12 bits per heavy atom. The highest BCUT2D eigenvalue weighted by molar-refractivity contribution is 6.35. The maximum Gasteiger partial charge on any atom is 0.271 e. The van der Waals surface area contributed by atoms with Crippen LogP contribution < -0.4 is 10.6 Å². The van der Waals surface area contributed by atoms with Crippen LogP contribution >= 0.6 is 23.2 Å². The minimum atomic E-state index is -0.228. The summed E-state index contributed by atoms with van der Waals surface area (Å²) in [5, 5.41) is 15.2. The first-order valence-corrected chi connectivity index (χ1v) is 8.66. The van der Waals surface area contributed by atoms with E-state index in [4.69, 9.17) is 23.2 Å². The average Bonchev–Trinajstić information content (AvgIpc) is 2.57. The summed E-state index contributed by atoms with van der Waals surface area (Å²) in [5.74, 6) is 0.378. The summed E-state index contributed by atoms with van der Waals surface area (Å²) in [5.41, 5.74) is 1.30. The van der Waals surface area contributed by atoms with E-state index in [0.29, 0.717) is 34.6 Å². The number of rotatable bonds is 8. The third-order valence-electron chi connectivity index (χ3n) is 3.46. The van der Waals surface area contributed by atoms with Crippen LogP contribution in [0.1, 0.15) is 16.1 Å². The van der Waals surface area contributed by atoms with Gasteiger partial charge in [-0.25, -0.2) is 0 Å². The number of likely N-dealkylation sites (N-methyl/N-ethyl adjacent to an activating group) is 1. The van der Waals surface area contributed by atoms with E-state index >= 15 is 0 Å². The highest BCUT2D eigenvalue weighted by Crippen LogP contribution is 2.21. The molecule has 0 unspecified atom stereocenters. The summed E-state index contributed by atoms with van der Waals surface area (Å²) >= 11 is 12.0. The second-order valence-electron chi connectivity index (χ2n) is 5.78. The molecule has 6 nitrogen and oxygen atoms in total. The Bertz CT molecular complexity index is 707. The number of aromatic nitrogens is 2. The number of nitrogens with one attached hydrogen (secondary N) is 2. The van der Waals surface area contributed by atoms with E-state index in [1.165, 1.54) is 0 Å². The minimum Gasteiger partial charge on any atom is -0.368 e. The van der Waals surface area contributed by atoms with Gasteiger partial charge in [-0.15, -0.1) is 10.2 Å². The Hall–Kier alpha value is -1.89. The van der Waals surface area contributed by atoms with Gasteiger partial charge in [-0.3, -0.25) is 4.79 Å². The van der Waals surface area contributed by atoms with E-state index in [2.05, 4.69) is 20.8 Å². The van der Waals surface area contributed by atoms with Gasteiger partial charge in [0.2, 0.25) is 0 Å². The SMILES string of the molecule is CN(C)CCNC(=O)c1ccc(NCCc2ccc(Cl)cc2Cl)nn1. The number of carbonyl (C=O) groups excluding carboxylic acids is 1. The number of halogens is 2. The van der Waals surface area contributed by atoms with Crippen LogP contribution in [0.4, 0.5) is 5.82 Å². The predicted molar refractivity (Wildman–Crippen MR) is 102 cm³/mol. The molecule has 2 aromatic rings. The number of anilines is 1. The Labute approximate surface area is 157 Å². The number of hydrogen-bond donors (Lipinski definition) is 2. The molecule has 2 rings (SSSR count). The van der Waals surface area contributed by atoms with Crippen molar-refractivity contribution in [2.24, 2.45) is 0 Å². The maximum absolute atomic E-state index is 11.9. The van der Waals surface area contributed by atoms with Crippen LogP contribution in [0.3, 0.4) is 0 Å². The van der Waals surface area contributed by atoms with Crippen molar-refractivity contribution in [2.75, 3.05) is 39.0 Å². The summed E-state index contributed by atoms with van der Waals surface area (Å²) in [6.07, 6.45) is 0.727. The van der Waals surface area contributed by atoms with Gasteiger partial charge in [-0.1, -0.05) is 29.3 Å². The van der Waals surface area contributed by atoms with E-state index < -0.39 is 0 Å². The fourth-order valence-corrected chi connectivity index (χ4v) is 2.58. The van der Waals surface area contributed by atoms with Crippen LogP contribution in [0.15, 0.2) is 30.3 Å². The minimum absolute atomic E-state index is 0.228. The summed E-state index contributed by atoms with van der Waals surface area (Å²) in [6.45, 7) is 1.98. The topological polar surface area (TPSA) is 70.2 Å². The molecule has 0 aliphatic heterocycles. The lowest BCUT2D eigenvalue weighted by Crippen LogP contribution is -2.31. The second kappa shape index (κ2) is 9.56. The van der Waals surface area contributed by atoms with Gasteiger partial charge in [-0.05, 0) is 50.3 Å². The van der Waals surface area contributed by atoms with Crippen molar-refractivity contribution in [3.8, 4) is 0 Å². The van der Waals surface area contributed by atoms with Gasteiger partial charge in [0.05, 0.1) is 0 Å². The zero-order valence-corrected chi connectivity index (χ0v) is 15.7.